The number of carbonyl (C=O) groups is 2. The molecule has 1 amide bonds. The Hall–Kier alpha value is -1.88. The minimum atomic E-state index is -2.42. The molecule has 3 N–H and O–H groups in total. The van der Waals surface area contributed by atoms with Crippen molar-refractivity contribution in [2.75, 3.05) is 5.32 Å². The molecule has 1 unspecified atom stereocenters. The van der Waals surface area contributed by atoms with Crippen LogP contribution in [0.3, 0.4) is 0 Å². The Balaban J connectivity index is 2.77. The van der Waals surface area contributed by atoms with Crippen molar-refractivity contribution in [3.05, 3.63) is 30.3 Å². The van der Waals surface area contributed by atoms with Gasteiger partial charge in [-0.15, -0.1) is 0 Å². The highest BCUT2D eigenvalue weighted by molar-refractivity contribution is 6.10. The lowest BCUT2D eigenvalue weighted by molar-refractivity contribution is -0.161. The molecule has 1 atom stereocenters. The van der Waals surface area contributed by atoms with Gasteiger partial charge in [0, 0.05) is 5.69 Å². The molecule has 5 nitrogen and oxygen atoms in total. The van der Waals surface area contributed by atoms with Crippen molar-refractivity contribution in [3.8, 4) is 0 Å². The van der Waals surface area contributed by atoms with Gasteiger partial charge in [0.25, 0.3) is 5.91 Å². The maximum Gasteiger partial charge on any atom is 0.345 e. The number of para-hydroxylation sites is 1. The zero-order chi connectivity index (χ0) is 11.5. The van der Waals surface area contributed by atoms with Gasteiger partial charge in [-0.05, 0) is 19.1 Å². The number of nitrogens with one attached hydrogen (secondary N) is 1. The number of carboxylic acid groups (broad SMARTS) is 1. The molecule has 80 valence electrons. The van der Waals surface area contributed by atoms with Gasteiger partial charge in [0.1, 0.15) is 0 Å². The molecule has 0 heterocycles. The minimum absolute atomic E-state index is 0.434. The second kappa shape index (κ2) is 4.10. The van der Waals surface area contributed by atoms with Crippen LogP contribution in [0, 0.1) is 0 Å². The summed E-state index contributed by atoms with van der Waals surface area (Å²) in [6.07, 6.45) is 0. The Morgan fingerprint density at radius 3 is 2.27 bits per heavy atom. The van der Waals surface area contributed by atoms with Crippen molar-refractivity contribution >= 4 is 17.6 Å². The van der Waals surface area contributed by atoms with E-state index in [2.05, 4.69) is 5.32 Å². The molecule has 5 heteroatoms. The molecule has 0 bridgehead atoms. The standard InChI is InChI=1S/C10H11NO4/c1-10(15,9(13)14)8(12)11-7-5-3-2-4-6-7/h2-6,15H,1H3,(H,11,12)(H,13,14). The van der Waals surface area contributed by atoms with Crippen molar-refractivity contribution in [1.82, 2.24) is 0 Å². The summed E-state index contributed by atoms with van der Waals surface area (Å²) in [6.45, 7) is 0.924. The first-order chi connectivity index (χ1) is 6.94. The van der Waals surface area contributed by atoms with Crippen molar-refractivity contribution in [1.29, 1.82) is 0 Å². The van der Waals surface area contributed by atoms with Gasteiger partial charge in [0.05, 0.1) is 0 Å². The van der Waals surface area contributed by atoms with E-state index >= 15 is 0 Å². The Bertz CT molecular complexity index is 372. The van der Waals surface area contributed by atoms with E-state index in [1.165, 1.54) is 0 Å². The molecule has 1 aromatic carbocycles. The van der Waals surface area contributed by atoms with Gasteiger partial charge in [-0.2, -0.15) is 0 Å². The third-order valence-corrected chi connectivity index (χ3v) is 1.89. The van der Waals surface area contributed by atoms with Crippen LogP contribution >= 0.6 is 0 Å². The molecule has 0 saturated heterocycles. The summed E-state index contributed by atoms with van der Waals surface area (Å²) < 4.78 is 0. The number of amides is 1. The molecule has 1 rings (SSSR count). The predicted molar refractivity (Wildman–Crippen MR) is 53.3 cm³/mol. The van der Waals surface area contributed by atoms with Crippen LogP contribution in [-0.4, -0.2) is 27.7 Å². The summed E-state index contributed by atoms with van der Waals surface area (Å²) in [5.41, 5.74) is -1.99. The number of hydrogen-bond donors (Lipinski definition) is 3. The molecule has 0 saturated carbocycles. The fourth-order valence-corrected chi connectivity index (χ4v) is 0.871. The lowest BCUT2D eigenvalue weighted by Crippen LogP contribution is -2.47. The van der Waals surface area contributed by atoms with Gasteiger partial charge < -0.3 is 15.5 Å². The van der Waals surface area contributed by atoms with E-state index in [0.717, 1.165) is 6.92 Å². The van der Waals surface area contributed by atoms with Crippen LogP contribution in [0.25, 0.3) is 0 Å². The Labute approximate surface area is 86.4 Å². The number of hydrogen-bond acceptors (Lipinski definition) is 3. The number of rotatable bonds is 3. The number of aliphatic hydroxyl groups is 1. The SMILES string of the molecule is CC(O)(C(=O)O)C(=O)Nc1ccccc1. The molecule has 1 aromatic rings. The lowest BCUT2D eigenvalue weighted by atomic mass is 10.1. The number of carboxylic acids is 1. The van der Waals surface area contributed by atoms with Gasteiger partial charge in [-0.25, -0.2) is 4.79 Å². The van der Waals surface area contributed by atoms with E-state index in [9.17, 15) is 14.7 Å². The normalized spacial score (nSPS) is 14.0. The molecular weight excluding hydrogens is 198 g/mol. The molecule has 15 heavy (non-hydrogen) atoms. The smallest absolute Gasteiger partial charge is 0.345 e. The minimum Gasteiger partial charge on any atom is -0.479 e. The first-order valence-corrected chi connectivity index (χ1v) is 4.27. The first-order valence-electron chi connectivity index (χ1n) is 4.27. The number of carbonyl (C=O) groups excluding carboxylic acids is 1. The fraction of sp³-hybridized carbons (Fsp3) is 0.200. The van der Waals surface area contributed by atoms with Gasteiger partial charge in [-0.3, -0.25) is 4.79 Å². The Kier molecular flexibility index (Phi) is 3.06. The van der Waals surface area contributed by atoms with Crippen LogP contribution in [-0.2, 0) is 9.59 Å². The molecule has 0 radical (unpaired) electrons. The highest BCUT2D eigenvalue weighted by atomic mass is 16.4. The highest BCUT2D eigenvalue weighted by Gasteiger charge is 2.38. The molecule has 0 spiro atoms. The van der Waals surface area contributed by atoms with Crippen LogP contribution in [0.4, 0.5) is 5.69 Å². The fourth-order valence-electron chi connectivity index (χ4n) is 0.871. The van der Waals surface area contributed by atoms with Gasteiger partial charge in [0.15, 0.2) is 0 Å². The van der Waals surface area contributed by atoms with E-state index in [4.69, 9.17) is 5.11 Å². The quantitative estimate of drug-likeness (QED) is 0.631. The monoisotopic (exact) mass is 209 g/mol. The van der Waals surface area contributed by atoms with Crippen molar-refractivity contribution in [3.63, 3.8) is 0 Å². The Morgan fingerprint density at radius 1 is 1.27 bits per heavy atom. The van der Waals surface area contributed by atoms with Crippen LogP contribution in [0.15, 0.2) is 30.3 Å². The molecule has 0 aliphatic heterocycles. The summed E-state index contributed by atoms with van der Waals surface area (Å²) in [4.78, 5) is 21.9. The van der Waals surface area contributed by atoms with Crippen LogP contribution in [0.2, 0.25) is 0 Å². The average Bonchev–Trinajstić information content (AvgIpc) is 2.18. The highest BCUT2D eigenvalue weighted by Crippen LogP contribution is 2.10. The second-order valence-electron chi connectivity index (χ2n) is 3.20. The third-order valence-electron chi connectivity index (χ3n) is 1.89. The van der Waals surface area contributed by atoms with Gasteiger partial charge in [-0.1, -0.05) is 18.2 Å². The van der Waals surface area contributed by atoms with Crippen LogP contribution in [0.1, 0.15) is 6.92 Å². The average molecular weight is 209 g/mol. The number of anilines is 1. The van der Waals surface area contributed by atoms with E-state index in [1.54, 1.807) is 30.3 Å². The zero-order valence-electron chi connectivity index (χ0n) is 8.10. The van der Waals surface area contributed by atoms with Crippen LogP contribution < -0.4 is 5.32 Å². The van der Waals surface area contributed by atoms with Crippen molar-refractivity contribution in [2.45, 2.75) is 12.5 Å². The molecule has 0 aliphatic rings. The molecule has 0 aromatic heterocycles. The zero-order valence-corrected chi connectivity index (χ0v) is 8.10. The topological polar surface area (TPSA) is 86.6 Å². The third kappa shape index (κ3) is 2.54. The lowest BCUT2D eigenvalue weighted by Gasteiger charge is -2.16. The second-order valence-corrected chi connectivity index (χ2v) is 3.20. The van der Waals surface area contributed by atoms with E-state index < -0.39 is 17.5 Å². The van der Waals surface area contributed by atoms with Crippen LogP contribution in [0.5, 0.6) is 0 Å². The van der Waals surface area contributed by atoms with E-state index in [1.807, 2.05) is 0 Å². The molecular formula is C10H11NO4. The summed E-state index contributed by atoms with van der Waals surface area (Å²) in [5.74, 6) is -2.56. The molecule has 0 aliphatic carbocycles. The summed E-state index contributed by atoms with van der Waals surface area (Å²) in [7, 11) is 0. The van der Waals surface area contributed by atoms with Gasteiger partial charge >= 0.3 is 5.97 Å². The maximum absolute atomic E-state index is 11.3. The van der Waals surface area contributed by atoms with Crippen molar-refractivity contribution < 1.29 is 19.8 Å². The number of aliphatic carboxylic acids is 1. The summed E-state index contributed by atoms with van der Waals surface area (Å²) in [5, 5.41) is 20.2. The number of benzene rings is 1. The summed E-state index contributed by atoms with van der Waals surface area (Å²) >= 11 is 0. The Morgan fingerprint density at radius 2 is 1.80 bits per heavy atom. The predicted octanol–water partition coefficient (Wildman–Crippen LogP) is 0.461. The van der Waals surface area contributed by atoms with Crippen molar-refractivity contribution in [2.24, 2.45) is 0 Å². The summed E-state index contributed by atoms with van der Waals surface area (Å²) in [6, 6.07) is 8.31. The van der Waals surface area contributed by atoms with Gasteiger partial charge in [0.2, 0.25) is 5.60 Å². The molecule has 0 fully saturated rings. The van der Waals surface area contributed by atoms with E-state index in [0.29, 0.717) is 5.69 Å². The first kappa shape index (κ1) is 11.2. The largest absolute Gasteiger partial charge is 0.479 e. The maximum atomic E-state index is 11.3. The van der Waals surface area contributed by atoms with E-state index in [-0.39, 0.29) is 0 Å².